The molecule has 6 nitrogen and oxygen atoms in total. The van der Waals surface area contributed by atoms with Crippen LogP contribution in [0.25, 0.3) is 22.4 Å². The van der Waals surface area contributed by atoms with E-state index in [1.165, 1.54) is 25.3 Å². The van der Waals surface area contributed by atoms with Crippen molar-refractivity contribution in [2.45, 2.75) is 13.8 Å². The number of aryl methyl sites for hydroxylation is 1. The highest BCUT2D eigenvalue weighted by Gasteiger charge is 2.23. The average molecular weight is 344 g/mol. The van der Waals surface area contributed by atoms with Crippen LogP contribution in [0.4, 0.5) is 10.1 Å². The van der Waals surface area contributed by atoms with Gasteiger partial charge in [-0.2, -0.15) is 0 Å². The molecule has 0 aliphatic rings. The molecule has 7 heteroatoms. The SMILES string of the molecule is CCOC(=O)c1oc2nc(-c3cc(F)ccc3OC)cc(C)c2c1N. The van der Waals surface area contributed by atoms with E-state index >= 15 is 0 Å². The molecule has 0 aliphatic heterocycles. The highest BCUT2D eigenvalue weighted by Crippen LogP contribution is 2.36. The minimum Gasteiger partial charge on any atom is -0.496 e. The van der Waals surface area contributed by atoms with E-state index in [2.05, 4.69) is 4.98 Å². The van der Waals surface area contributed by atoms with Crippen LogP contribution in [0.15, 0.2) is 28.7 Å². The molecule has 130 valence electrons. The maximum atomic E-state index is 13.7. The van der Waals surface area contributed by atoms with Crippen molar-refractivity contribution in [2.24, 2.45) is 0 Å². The fourth-order valence-corrected chi connectivity index (χ4v) is 2.68. The standard InChI is InChI=1S/C18H17FN2O4/c1-4-24-18(22)16-15(20)14-9(2)7-12(21-17(14)25-16)11-8-10(19)5-6-13(11)23-3/h5-8H,4,20H2,1-3H3. The number of aromatic nitrogens is 1. The summed E-state index contributed by atoms with van der Waals surface area (Å²) in [6, 6.07) is 5.88. The number of nitrogens with two attached hydrogens (primary N) is 1. The van der Waals surface area contributed by atoms with Gasteiger partial charge in [-0.3, -0.25) is 0 Å². The van der Waals surface area contributed by atoms with Gasteiger partial charge in [-0.1, -0.05) is 0 Å². The monoisotopic (exact) mass is 344 g/mol. The van der Waals surface area contributed by atoms with Crippen molar-refractivity contribution in [3.8, 4) is 17.0 Å². The number of nitrogens with zero attached hydrogens (tertiary/aromatic N) is 1. The van der Waals surface area contributed by atoms with E-state index in [-0.39, 0.29) is 23.8 Å². The molecule has 2 aromatic heterocycles. The maximum Gasteiger partial charge on any atom is 0.376 e. The molecule has 2 heterocycles. The third-order valence-corrected chi connectivity index (χ3v) is 3.79. The van der Waals surface area contributed by atoms with Gasteiger partial charge >= 0.3 is 5.97 Å². The molecule has 0 atom stereocenters. The van der Waals surface area contributed by atoms with Gasteiger partial charge in [0.15, 0.2) is 0 Å². The summed E-state index contributed by atoms with van der Waals surface area (Å²) in [5.74, 6) is -0.683. The third-order valence-electron chi connectivity index (χ3n) is 3.79. The van der Waals surface area contributed by atoms with Crippen LogP contribution in [0, 0.1) is 12.7 Å². The normalized spacial score (nSPS) is 10.9. The molecule has 0 amide bonds. The minimum absolute atomic E-state index is 0.0872. The van der Waals surface area contributed by atoms with E-state index in [0.29, 0.717) is 22.4 Å². The van der Waals surface area contributed by atoms with E-state index in [0.717, 1.165) is 5.56 Å². The molecule has 0 saturated carbocycles. The summed E-state index contributed by atoms with van der Waals surface area (Å²) in [4.78, 5) is 16.3. The lowest BCUT2D eigenvalue weighted by atomic mass is 10.1. The minimum atomic E-state index is -0.651. The molecule has 1 aromatic carbocycles. The van der Waals surface area contributed by atoms with Crippen LogP contribution in [-0.4, -0.2) is 24.7 Å². The molecule has 0 unspecified atom stereocenters. The van der Waals surface area contributed by atoms with E-state index in [1.54, 1.807) is 19.9 Å². The lowest BCUT2D eigenvalue weighted by Crippen LogP contribution is -2.05. The summed E-state index contributed by atoms with van der Waals surface area (Å²) in [5, 5.41) is 0.530. The number of furan rings is 1. The van der Waals surface area contributed by atoms with Gasteiger partial charge in [0.2, 0.25) is 11.5 Å². The number of halogens is 1. The molecule has 0 bridgehead atoms. The summed E-state index contributed by atoms with van der Waals surface area (Å²) in [6.07, 6.45) is 0. The van der Waals surface area contributed by atoms with Crippen molar-refractivity contribution in [1.82, 2.24) is 4.98 Å². The van der Waals surface area contributed by atoms with E-state index in [1.807, 2.05) is 0 Å². The smallest absolute Gasteiger partial charge is 0.376 e. The lowest BCUT2D eigenvalue weighted by Gasteiger charge is -2.09. The number of methoxy groups -OCH3 is 1. The molecular weight excluding hydrogens is 327 g/mol. The van der Waals surface area contributed by atoms with Crippen LogP contribution in [-0.2, 0) is 4.74 Å². The molecule has 0 aliphatic carbocycles. The molecule has 2 N–H and O–H groups in total. The lowest BCUT2D eigenvalue weighted by molar-refractivity contribution is 0.0494. The molecule has 3 aromatic rings. The number of fused-ring (bicyclic) bond motifs is 1. The number of benzene rings is 1. The quantitative estimate of drug-likeness (QED) is 0.726. The number of hydrogen-bond acceptors (Lipinski definition) is 6. The van der Waals surface area contributed by atoms with Gasteiger partial charge in [0.1, 0.15) is 11.6 Å². The average Bonchev–Trinajstić information content (AvgIpc) is 2.92. The summed E-state index contributed by atoms with van der Waals surface area (Å²) in [6.45, 7) is 3.70. The zero-order chi connectivity index (χ0) is 18.1. The number of carbonyl (C=O) groups excluding carboxylic acids is 1. The van der Waals surface area contributed by atoms with Crippen LogP contribution < -0.4 is 10.5 Å². The number of hydrogen-bond donors (Lipinski definition) is 1. The van der Waals surface area contributed by atoms with Gasteiger partial charge < -0.3 is 19.6 Å². The second-order valence-electron chi connectivity index (χ2n) is 5.41. The fraction of sp³-hybridized carbons (Fsp3) is 0.222. The van der Waals surface area contributed by atoms with Gasteiger partial charge in [0, 0.05) is 5.56 Å². The van der Waals surface area contributed by atoms with Crippen molar-refractivity contribution in [1.29, 1.82) is 0 Å². The van der Waals surface area contributed by atoms with Crippen molar-refractivity contribution in [2.75, 3.05) is 19.5 Å². The number of ether oxygens (including phenoxy) is 2. The predicted molar refractivity (Wildman–Crippen MR) is 91.1 cm³/mol. The molecule has 0 fully saturated rings. The summed E-state index contributed by atoms with van der Waals surface area (Å²) in [5.41, 5.74) is 8.04. The summed E-state index contributed by atoms with van der Waals surface area (Å²) in [7, 11) is 1.49. The molecule has 0 saturated heterocycles. The Labute approximate surface area is 143 Å². The van der Waals surface area contributed by atoms with Crippen molar-refractivity contribution < 1.29 is 23.1 Å². The number of rotatable bonds is 4. The van der Waals surface area contributed by atoms with E-state index in [9.17, 15) is 9.18 Å². The number of anilines is 1. The first-order valence-electron chi connectivity index (χ1n) is 7.66. The fourth-order valence-electron chi connectivity index (χ4n) is 2.68. The number of pyridine rings is 1. The van der Waals surface area contributed by atoms with E-state index in [4.69, 9.17) is 19.6 Å². The topological polar surface area (TPSA) is 87.6 Å². The first kappa shape index (κ1) is 16.8. The Hall–Kier alpha value is -3.09. The third kappa shape index (κ3) is 2.88. The van der Waals surface area contributed by atoms with Crippen LogP contribution in [0.1, 0.15) is 23.0 Å². The Morgan fingerprint density at radius 3 is 2.80 bits per heavy atom. The van der Waals surface area contributed by atoms with Gasteiger partial charge in [-0.15, -0.1) is 0 Å². The molecular formula is C18H17FN2O4. The zero-order valence-corrected chi connectivity index (χ0v) is 14.1. The van der Waals surface area contributed by atoms with Crippen molar-refractivity contribution in [3.05, 3.63) is 41.4 Å². The Morgan fingerprint density at radius 1 is 1.36 bits per heavy atom. The molecule has 25 heavy (non-hydrogen) atoms. The first-order chi connectivity index (χ1) is 12.0. The van der Waals surface area contributed by atoms with Crippen LogP contribution in [0.3, 0.4) is 0 Å². The molecule has 0 spiro atoms. The number of nitrogen functional groups attached to an aromatic ring is 1. The summed E-state index contributed by atoms with van der Waals surface area (Å²) < 4.78 is 29.4. The maximum absolute atomic E-state index is 13.7. The van der Waals surface area contributed by atoms with Gasteiger partial charge in [-0.25, -0.2) is 14.2 Å². The molecule has 3 rings (SSSR count). The number of carbonyl (C=O) groups is 1. The van der Waals surface area contributed by atoms with Crippen LogP contribution >= 0.6 is 0 Å². The number of esters is 1. The van der Waals surface area contributed by atoms with Crippen molar-refractivity contribution >= 4 is 22.8 Å². The zero-order valence-electron chi connectivity index (χ0n) is 14.1. The Balaban J connectivity index is 2.21. The Morgan fingerprint density at radius 2 is 2.12 bits per heavy atom. The van der Waals surface area contributed by atoms with Crippen molar-refractivity contribution in [3.63, 3.8) is 0 Å². The van der Waals surface area contributed by atoms with Gasteiger partial charge in [0.05, 0.1) is 30.5 Å². The highest BCUT2D eigenvalue weighted by molar-refractivity contribution is 6.04. The highest BCUT2D eigenvalue weighted by atomic mass is 19.1. The first-order valence-corrected chi connectivity index (χ1v) is 7.66. The largest absolute Gasteiger partial charge is 0.496 e. The van der Waals surface area contributed by atoms with Crippen LogP contribution in [0.2, 0.25) is 0 Å². The molecule has 0 radical (unpaired) electrons. The second kappa shape index (κ2) is 6.43. The predicted octanol–water partition coefficient (Wildman–Crippen LogP) is 3.71. The van der Waals surface area contributed by atoms with Crippen LogP contribution in [0.5, 0.6) is 5.75 Å². The summed E-state index contributed by atoms with van der Waals surface area (Å²) >= 11 is 0. The Kier molecular flexibility index (Phi) is 4.31. The van der Waals surface area contributed by atoms with Gasteiger partial charge in [-0.05, 0) is 43.7 Å². The Bertz CT molecular complexity index is 965. The second-order valence-corrected chi connectivity index (χ2v) is 5.41. The van der Waals surface area contributed by atoms with Gasteiger partial charge in [0.25, 0.3) is 0 Å². The van der Waals surface area contributed by atoms with E-state index < -0.39 is 11.8 Å².